The molecule has 2 aromatic heterocycles. The van der Waals surface area contributed by atoms with Gasteiger partial charge in [0.15, 0.2) is 0 Å². The van der Waals surface area contributed by atoms with Crippen molar-refractivity contribution in [3.05, 3.63) is 52.9 Å². The molecule has 0 bridgehead atoms. The summed E-state index contributed by atoms with van der Waals surface area (Å²) in [4.78, 5) is 13.4. The molecule has 92 valence electrons. The number of hydrogen-bond acceptors (Lipinski definition) is 4. The molecule has 1 aliphatic rings. The average molecular weight is 240 g/mol. The summed E-state index contributed by atoms with van der Waals surface area (Å²) in [6.07, 6.45) is 5.44. The Morgan fingerprint density at radius 2 is 2.28 bits per heavy atom. The number of aromatic nitrogens is 3. The molecule has 0 radical (unpaired) electrons. The minimum Gasteiger partial charge on any atom is -0.311 e. The summed E-state index contributed by atoms with van der Waals surface area (Å²) in [5, 5.41) is 3.36. The molecular weight excluding hydrogens is 224 g/mol. The SMILES string of the molecule is Cc1nc(Cc2cccnc2)nc2c1CCNC2. The van der Waals surface area contributed by atoms with E-state index in [-0.39, 0.29) is 0 Å². The van der Waals surface area contributed by atoms with Crippen molar-refractivity contribution in [2.45, 2.75) is 26.3 Å². The first-order chi connectivity index (χ1) is 8.83. The predicted octanol–water partition coefficient (Wildman–Crippen LogP) is 1.42. The van der Waals surface area contributed by atoms with Crippen LogP contribution in [0.15, 0.2) is 24.5 Å². The van der Waals surface area contributed by atoms with Crippen molar-refractivity contribution in [3.63, 3.8) is 0 Å². The molecule has 4 heteroatoms. The number of nitrogens with one attached hydrogen (secondary N) is 1. The smallest absolute Gasteiger partial charge is 0.133 e. The van der Waals surface area contributed by atoms with Crippen LogP contribution >= 0.6 is 0 Å². The van der Waals surface area contributed by atoms with Crippen molar-refractivity contribution < 1.29 is 0 Å². The lowest BCUT2D eigenvalue weighted by Gasteiger charge is -2.18. The van der Waals surface area contributed by atoms with Crippen molar-refractivity contribution in [1.29, 1.82) is 0 Å². The van der Waals surface area contributed by atoms with E-state index < -0.39 is 0 Å². The zero-order valence-electron chi connectivity index (χ0n) is 10.5. The topological polar surface area (TPSA) is 50.7 Å². The van der Waals surface area contributed by atoms with Gasteiger partial charge in [-0.15, -0.1) is 0 Å². The van der Waals surface area contributed by atoms with E-state index in [4.69, 9.17) is 0 Å². The highest BCUT2D eigenvalue weighted by Gasteiger charge is 2.15. The number of nitrogens with zero attached hydrogens (tertiary/aromatic N) is 3. The molecule has 1 N–H and O–H groups in total. The van der Waals surface area contributed by atoms with Crippen LogP contribution in [0.2, 0.25) is 0 Å². The van der Waals surface area contributed by atoms with Crippen LogP contribution in [0.5, 0.6) is 0 Å². The third-order valence-corrected chi connectivity index (χ3v) is 3.28. The highest BCUT2D eigenvalue weighted by molar-refractivity contribution is 5.28. The van der Waals surface area contributed by atoms with E-state index in [0.717, 1.165) is 48.7 Å². The molecule has 3 heterocycles. The van der Waals surface area contributed by atoms with Gasteiger partial charge in [0.05, 0.1) is 5.69 Å². The molecule has 0 saturated carbocycles. The molecule has 0 fully saturated rings. The Kier molecular flexibility index (Phi) is 3.02. The number of aryl methyl sites for hydroxylation is 1. The molecule has 2 aromatic rings. The Morgan fingerprint density at radius 3 is 3.11 bits per heavy atom. The summed E-state index contributed by atoms with van der Waals surface area (Å²) >= 11 is 0. The minimum atomic E-state index is 0.752. The molecule has 0 spiro atoms. The van der Waals surface area contributed by atoms with Crippen LogP contribution in [0.1, 0.15) is 28.3 Å². The molecule has 0 atom stereocenters. The summed E-state index contributed by atoms with van der Waals surface area (Å²) < 4.78 is 0. The summed E-state index contributed by atoms with van der Waals surface area (Å²) in [6, 6.07) is 4.01. The summed E-state index contributed by atoms with van der Waals surface area (Å²) in [5.41, 5.74) is 4.76. The molecule has 0 aromatic carbocycles. The van der Waals surface area contributed by atoms with E-state index in [2.05, 4.69) is 33.3 Å². The zero-order valence-corrected chi connectivity index (χ0v) is 10.5. The number of pyridine rings is 1. The van der Waals surface area contributed by atoms with E-state index in [9.17, 15) is 0 Å². The summed E-state index contributed by atoms with van der Waals surface area (Å²) in [5.74, 6) is 0.892. The quantitative estimate of drug-likeness (QED) is 0.862. The van der Waals surface area contributed by atoms with Gasteiger partial charge in [-0.3, -0.25) is 4.98 Å². The van der Waals surface area contributed by atoms with E-state index in [1.165, 1.54) is 5.56 Å². The Hall–Kier alpha value is -1.81. The molecule has 0 saturated heterocycles. The lowest BCUT2D eigenvalue weighted by molar-refractivity contribution is 0.613. The van der Waals surface area contributed by atoms with Gasteiger partial charge >= 0.3 is 0 Å². The fourth-order valence-electron chi connectivity index (χ4n) is 2.37. The Bertz CT molecular complexity index is 551. The van der Waals surface area contributed by atoms with Gasteiger partial charge in [-0.2, -0.15) is 0 Å². The molecular formula is C14H16N4. The van der Waals surface area contributed by atoms with Crippen LogP contribution in [0.4, 0.5) is 0 Å². The van der Waals surface area contributed by atoms with Gasteiger partial charge in [0.2, 0.25) is 0 Å². The van der Waals surface area contributed by atoms with E-state index in [0.29, 0.717) is 0 Å². The maximum Gasteiger partial charge on any atom is 0.133 e. The molecule has 4 nitrogen and oxygen atoms in total. The molecule has 0 amide bonds. The fraction of sp³-hybridized carbons (Fsp3) is 0.357. The molecule has 18 heavy (non-hydrogen) atoms. The molecule has 1 aliphatic heterocycles. The van der Waals surface area contributed by atoms with Crippen molar-refractivity contribution in [3.8, 4) is 0 Å². The van der Waals surface area contributed by atoms with E-state index >= 15 is 0 Å². The van der Waals surface area contributed by atoms with Gasteiger partial charge in [0, 0.05) is 31.1 Å². The van der Waals surface area contributed by atoms with Crippen molar-refractivity contribution in [2.75, 3.05) is 6.54 Å². The molecule has 0 unspecified atom stereocenters. The van der Waals surface area contributed by atoms with Gasteiger partial charge in [-0.1, -0.05) is 6.07 Å². The Balaban J connectivity index is 1.91. The van der Waals surface area contributed by atoms with Crippen LogP contribution in [-0.4, -0.2) is 21.5 Å². The van der Waals surface area contributed by atoms with Crippen LogP contribution in [0, 0.1) is 6.92 Å². The molecule has 0 aliphatic carbocycles. The predicted molar refractivity (Wildman–Crippen MR) is 69.2 cm³/mol. The summed E-state index contributed by atoms with van der Waals surface area (Å²) in [7, 11) is 0. The highest BCUT2D eigenvalue weighted by Crippen LogP contribution is 2.16. The average Bonchev–Trinajstić information content (AvgIpc) is 2.40. The normalized spacial score (nSPS) is 14.3. The lowest BCUT2D eigenvalue weighted by Crippen LogP contribution is -2.26. The fourth-order valence-corrected chi connectivity index (χ4v) is 2.37. The highest BCUT2D eigenvalue weighted by atomic mass is 15.0. The Labute approximate surface area is 107 Å². The second-order valence-corrected chi connectivity index (χ2v) is 4.62. The van der Waals surface area contributed by atoms with Gasteiger partial charge < -0.3 is 5.32 Å². The largest absolute Gasteiger partial charge is 0.311 e. The maximum absolute atomic E-state index is 4.67. The van der Waals surface area contributed by atoms with E-state index in [1.807, 2.05) is 12.3 Å². The van der Waals surface area contributed by atoms with Gasteiger partial charge in [0.1, 0.15) is 5.82 Å². The molecule has 3 rings (SSSR count). The lowest BCUT2D eigenvalue weighted by atomic mass is 10.0. The maximum atomic E-state index is 4.67. The van der Waals surface area contributed by atoms with Crippen molar-refractivity contribution in [2.24, 2.45) is 0 Å². The monoisotopic (exact) mass is 240 g/mol. The second kappa shape index (κ2) is 4.82. The van der Waals surface area contributed by atoms with Gasteiger partial charge in [-0.05, 0) is 37.1 Å². The van der Waals surface area contributed by atoms with Crippen LogP contribution in [0.25, 0.3) is 0 Å². The zero-order chi connectivity index (χ0) is 12.4. The Morgan fingerprint density at radius 1 is 1.33 bits per heavy atom. The third-order valence-electron chi connectivity index (χ3n) is 3.28. The first-order valence-electron chi connectivity index (χ1n) is 6.28. The van der Waals surface area contributed by atoms with E-state index in [1.54, 1.807) is 6.20 Å². The van der Waals surface area contributed by atoms with Gasteiger partial charge in [-0.25, -0.2) is 9.97 Å². The van der Waals surface area contributed by atoms with Crippen LogP contribution in [0.3, 0.4) is 0 Å². The third kappa shape index (κ3) is 2.24. The van der Waals surface area contributed by atoms with Crippen molar-refractivity contribution in [1.82, 2.24) is 20.3 Å². The minimum absolute atomic E-state index is 0.752. The van der Waals surface area contributed by atoms with Crippen molar-refractivity contribution >= 4 is 0 Å². The first-order valence-corrected chi connectivity index (χ1v) is 6.28. The number of rotatable bonds is 2. The number of hydrogen-bond donors (Lipinski definition) is 1. The standard InChI is InChI=1S/C14H16N4/c1-10-12-4-6-16-9-13(12)18-14(17-10)7-11-3-2-5-15-8-11/h2-3,5,8,16H,4,6-7,9H2,1H3. The van der Waals surface area contributed by atoms with Gasteiger partial charge in [0.25, 0.3) is 0 Å². The first kappa shape index (κ1) is 11.3. The number of fused-ring (bicyclic) bond motifs is 1. The summed E-state index contributed by atoms with van der Waals surface area (Å²) in [6.45, 7) is 3.97. The van der Waals surface area contributed by atoms with Crippen LogP contribution < -0.4 is 5.32 Å². The second-order valence-electron chi connectivity index (χ2n) is 4.62. The van der Waals surface area contributed by atoms with Crippen LogP contribution in [-0.2, 0) is 19.4 Å².